The average molecular weight is 220 g/mol. The lowest BCUT2D eigenvalue weighted by molar-refractivity contribution is -0.141. The lowest BCUT2D eigenvalue weighted by Crippen LogP contribution is -2.16. The van der Waals surface area contributed by atoms with Crippen LogP contribution in [0.1, 0.15) is 6.92 Å². The van der Waals surface area contributed by atoms with Crippen molar-refractivity contribution in [3.63, 3.8) is 0 Å². The Morgan fingerprint density at radius 3 is 2.69 bits per heavy atom. The Hall–Kier alpha value is -1.81. The summed E-state index contributed by atoms with van der Waals surface area (Å²) in [4.78, 5) is 13.2. The molecule has 16 heavy (non-hydrogen) atoms. The minimum absolute atomic E-state index is 0.0200. The van der Waals surface area contributed by atoms with Crippen LogP contribution in [0.2, 0.25) is 0 Å². The van der Waals surface area contributed by atoms with Gasteiger partial charge in [0.15, 0.2) is 0 Å². The van der Waals surface area contributed by atoms with E-state index in [1.54, 1.807) is 6.92 Å². The van der Waals surface area contributed by atoms with Crippen molar-refractivity contribution in [3.8, 4) is 0 Å². The number of ether oxygens (including phenoxy) is 1. The summed E-state index contributed by atoms with van der Waals surface area (Å²) in [5.41, 5.74) is 6.09. The number of hydrogen-bond acceptors (Lipinski definition) is 3. The van der Waals surface area contributed by atoms with E-state index in [-0.39, 0.29) is 12.5 Å². The maximum absolute atomic E-state index is 10.1. The minimum Gasteiger partial charge on any atom is -0.465 e. The molecular formula is C12H16N2O2. The van der Waals surface area contributed by atoms with Gasteiger partial charge in [0.25, 0.3) is 0 Å². The lowest BCUT2D eigenvalue weighted by Gasteiger charge is -1.93. The summed E-state index contributed by atoms with van der Waals surface area (Å²) in [6.07, 6.45) is 1.95. The smallest absolute Gasteiger partial charge is 0.319 e. The van der Waals surface area contributed by atoms with Crippen molar-refractivity contribution in [3.05, 3.63) is 36.5 Å². The Bertz CT molecular complexity index is 407. The van der Waals surface area contributed by atoms with Crippen LogP contribution in [-0.4, -0.2) is 24.1 Å². The van der Waals surface area contributed by atoms with Gasteiger partial charge >= 0.3 is 5.97 Å². The van der Waals surface area contributed by atoms with Gasteiger partial charge in [-0.15, -0.1) is 0 Å². The predicted octanol–water partition coefficient (Wildman–Crippen LogP) is 1.68. The number of nitrogens with one attached hydrogen (secondary N) is 1. The van der Waals surface area contributed by atoms with Crippen molar-refractivity contribution in [1.82, 2.24) is 4.98 Å². The summed E-state index contributed by atoms with van der Waals surface area (Å²) in [6, 6.07) is 10.3. The molecule has 86 valence electrons. The molecule has 2 aromatic rings. The first-order valence-corrected chi connectivity index (χ1v) is 5.15. The molecule has 0 aliphatic heterocycles. The summed E-state index contributed by atoms with van der Waals surface area (Å²) >= 11 is 0. The zero-order valence-electron chi connectivity index (χ0n) is 9.27. The zero-order chi connectivity index (χ0) is 11.8. The quantitative estimate of drug-likeness (QED) is 0.756. The van der Waals surface area contributed by atoms with Crippen molar-refractivity contribution in [2.24, 2.45) is 5.73 Å². The molecule has 1 heterocycles. The number of hydrogen-bond donors (Lipinski definition) is 2. The molecule has 0 saturated carbocycles. The monoisotopic (exact) mass is 220 g/mol. The van der Waals surface area contributed by atoms with Gasteiger partial charge in [0, 0.05) is 11.7 Å². The first kappa shape index (κ1) is 12.3. The summed E-state index contributed by atoms with van der Waals surface area (Å²) in [5, 5.41) is 1.28. The number of rotatable bonds is 2. The molecule has 0 unspecified atom stereocenters. The molecular weight excluding hydrogens is 204 g/mol. The van der Waals surface area contributed by atoms with Crippen molar-refractivity contribution in [2.75, 3.05) is 13.2 Å². The molecule has 0 amide bonds. The SMILES string of the molecule is CCOC(=O)CN.c1ccc2[nH]ccc2c1. The zero-order valence-corrected chi connectivity index (χ0v) is 9.27. The fourth-order valence-electron chi connectivity index (χ4n) is 1.21. The van der Waals surface area contributed by atoms with Crippen LogP contribution in [0.4, 0.5) is 0 Å². The Labute approximate surface area is 94.4 Å². The standard InChI is InChI=1S/C8H7N.C4H9NO2/c1-2-4-8-7(3-1)5-6-9-8;1-2-7-4(6)3-5/h1-6,9H;2-3,5H2,1H3. The predicted molar refractivity (Wildman–Crippen MR) is 64.0 cm³/mol. The van der Waals surface area contributed by atoms with E-state index in [1.807, 2.05) is 18.3 Å². The van der Waals surface area contributed by atoms with Crippen molar-refractivity contribution in [1.29, 1.82) is 0 Å². The van der Waals surface area contributed by atoms with Gasteiger partial charge in [-0.05, 0) is 24.4 Å². The van der Waals surface area contributed by atoms with Crippen LogP contribution in [0, 0.1) is 0 Å². The Kier molecular flexibility index (Phi) is 5.08. The van der Waals surface area contributed by atoms with Gasteiger partial charge in [0.05, 0.1) is 13.2 Å². The maximum atomic E-state index is 10.1. The highest BCUT2D eigenvalue weighted by Gasteiger charge is 1.91. The van der Waals surface area contributed by atoms with Crippen LogP contribution < -0.4 is 5.73 Å². The highest BCUT2D eigenvalue weighted by Crippen LogP contribution is 2.09. The van der Waals surface area contributed by atoms with Crippen molar-refractivity contribution < 1.29 is 9.53 Å². The van der Waals surface area contributed by atoms with E-state index in [0.29, 0.717) is 6.61 Å². The Morgan fingerprint density at radius 2 is 2.12 bits per heavy atom. The van der Waals surface area contributed by atoms with E-state index in [1.165, 1.54) is 10.9 Å². The summed E-state index contributed by atoms with van der Waals surface area (Å²) in [5.74, 6) is -0.345. The summed E-state index contributed by atoms with van der Waals surface area (Å²) < 4.78 is 4.43. The average Bonchev–Trinajstić information content (AvgIpc) is 2.78. The van der Waals surface area contributed by atoms with E-state index in [2.05, 4.69) is 27.9 Å². The molecule has 0 fully saturated rings. The molecule has 4 nitrogen and oxygen atoms in total. The normalized spacial score (nSPS) is 9.38. The first-order chi connectivity index (χ1) is 7.77. The number of para-hydroxylation sites is 1. The molecule has 2 rings (SSSR count). The highest BCUT2D eigenvalue weighted by atomic mass is 16.5. The van der Waals surface area contributed by atoms with Gasteiger partial charge < -0.3 is 15.5 Å². The molecule has 0 aliphatic carbocycles. The van der Waals surface area contributed by atoms with Crippen LogP contribution >= 0.6 is 0 Å². The number of esters is 1. The lowest BCUT2D eigenvalue weighted by atomic mass is 10.3. The van der Waals surface area contributed by atoms with Crippen LogP contribution in [0.15, 0.2) is 36.5 Å². The third kappa shape index (κ3) is 3.74. The molecule has 1 aromatic carbocycles. The van der Waals surface area contributed by atoms with Crippen LogP contribution in [-0.2, 0) is 9.53 Å². The number of carbonyl (C=O) groups excluding carboxylic acids is 1. The molecule has 0 atom stereocenters. The third-order valence-electron chi connectivity index (χ3n) is 1.93. The Balaban J connectivity index is 0.000000168. The largest absolute Gasteiger partial charge is 0.465 e. The van der Waals surface area contributed by atoms with Gasteiger partial charge in [-0.2, -0.15) is 0 Å². The van der Waals surface area contributed by atoms with E-state index in [0.717, 1.165) is 0 Å². The number of H-pyrrole nitrogens is 1. The number of carbonyl (C=O) groups is 1. The van der Waals surface area contributed by atoms with E-state index in [4.69, 9.17) is 5.73 Å². The summed E-state index contributed by atoms with van der Waals surface area (Å²) in [7, 11) is 0. The number of benzene rings is 1. The molecule has 4 heteroatoms. The number of aromatic nitrogens is 1. The van der Waals surface area contributed by atoms with Gasteiger partial charge in [-0.3, -0.25) is 4.79 Å². The Morgan fingerprint density at radius 1 is 1.38 bits per heavy atom. The van der Waals surface area contributed by atoms with Gasteiger partial charge in [0.1, 0.15) is 0 Å². The molecule has 1 aromatic heterocycles. The number of aromatic amines is 1. The molecule has 0 aliphatic rings. The second-order valence-corrected chi connectivity index (χ2v) is 3.07. The second-order valence-electron chi connectivity index (χ2n) is 3.07. The number of nitrogens with two attached hydrogens (primary N) is 1. The van der Waals surface area contributed by atoms with Crippen molar-refractivity contribution >= 4 is 16.9 Å². The fourth-order valence-corrected chi connectivity index (χ4v) is 1.21. The van der Waals surface area contributed by atoms with Crippen LogP contribution in [0.3, 0.4) is 0 Å². The molecule has 3 N–H and O–H groups in total. The first-order valence-electron chi connectivity index (χ1n) is 5.15. The highest BCUT2D eigenvalue weighted by molar-refractivity contribution is 5.78. The minimum atomic E-state index is -0.345. The van der Waals surface area contributed by atoms with Gasteiger partial charge in [0.2, 0.25) is 0 Å². The van der Waals surface area contributed by atoms with E-state index < -0.39 is 0 Å². The van der Waals surface area contributed by atoms with Gasteiger partial charge in [-0.1, -0.05) is 18.2 Å². The third-order valence-corrected chi connectivity index (χ3v) is 1.93. The molecule has 0 radical (unpaired) electrons. The molecule has 0 saturated heterocycles. The second kappa shape index (κ2) is 6.63. The number of fused-ring (bicyclic) bond motifs is 1. The van der Waals surface area contributed by atoms with Gasteiger partial charge in [-0.25, -0.2) is 0 Å². The maximum Gasteiger partial charge on any atom is 0.319 e. The van der Waals surface area contributed by atoms with Crippen LogP contribution in [0.25, 0.3) is 10.9 Å². The topological polar surface area (TPSA) is 68.1 Å². The van der Waals surface area contributed by atoms with Crippen LogP contribution in [0.5, 0.6) is 0 Å². The van der Waals surface area contributed by atoms with E-state index in [9.17, 15) is 4.79 Å². The van der Waals surface area contributed by atoms with E-state index >= 15 is 0 Å². The fraction of sp³-hybridized carbons (Fsp3) is 0.250. The van der Waals surface area contributed by atoms with Crippen molar-refractivity contribution in [2.45, 2.75) is 6.92 Å². The summed E-state index contributed by atoms with van der Waals surface area (Å²) in [6.45, 7) is 2.14. The molecule has 0 spiro atoms. The molecule has 0 bridgehead atoms.